The molecule has 0 spiro atoms. The summed E-state index contributed by atoms with van der Waals surface area (Å²) >= 11 is 0. The van der Waals surface area contributed by atoms with Gasteiger partial charge in [0.05, 0.1) is 24.9 Å². The third-order valence-corrected chi connectivity index (χ3v) is 3.84. The molecule has 1 heterocycles. The molecule has 2 fully saturated rings. The van der Waals surface area contributed by atoms with Crippen LogP contribution in [0.5, 0.6) is 0 Å². The molecule has 0 amide bonds. The lowest BCUT2D eigenvalue weighted by molar-refractivity contribution is -0.139. The Hall–Kier alpha value is -0.120. The Morgan fingerprint density at radius 3 is 2.53 bits per heavy atom. The van der Waals surface area contributed by atoms with Crippen molar-refractivity contribution in [3.8, 4) is 0 Å². The fraction of sp³-hybridized carbons (Fsp3) is 1.00. The van der Waals surface area contributed by atoms with E-state index in [0.29, 0.717) is 18.2 Å². The van der Waals surface area contributed by atoms with Crippen molar-refractivity contribution < 1.29 is 9.47 Å². The number of hydrogen-bond donors (Lipinski definition) is 0. The van der Waals surface area contributed by atoms with E-state index in [9.17, 15) is 0 Å². The maximum absolute atomic E-state index is 5.99. The topological polar surface area (TPSA) is 21.7 Å². The van der Waals surface area contributed by atoms with Crippen LogP contribution in [0.2, 0.25) is 0 Å². The Morgan fingerprint density at radius 1 is 1.24 bits per heavy atom. The molecular formula is C14H27NO2. The Labute approximate surface area is 105 Å². The van der Waals surface area contributed by atoms with Gasteiger partial charge in [0.2, 0.25) is 0 Å². The highest BCUT2D eigenvalue weighted by Crippen LogP contribution is 2.35. The number of ether oxygens (including phenoxy) is 2. The fourth-order valence-electron chi connectivity index (χ4n) is 3.24. The average molecular weight is 241 g/mol. The van der Waals surface area contributed by atoms with Gasteiger partial charge in [0.1, 0.15) is 0 Å². The first-order valence-corrected chi connectivity index (χ1v) is 6.93. The van der Waals surface area contributed by atoms with E-state index in [0.717, 1.165) is 19.6 Å². The van der Waals surface area contributed by atoms with Crippen LogP contribution in [0.15, 0.2) is 0 Å². The van der Waals surface area contributed by atoms with E-state index < -0.39 is 0 Å². The van der Waals surface area contributed by atoms with Crippen molar-refractivity contribution >= 4 is 0 Å². The van der Waals surface area contributed by atoms with Gasteiger partial charge in [-0.3, -0.25) is 4.90 Å². The smallest absolute Gasteiger partial charge is 0.0992 e. The predicted molar refractivity (Wildman–Crippen MR) is 69.2 cm³/mol. The van der Waals surface area contributed by atoms with E-state index in [2.05, 4.69) is 39.5 Å². The van der Waals surface area contributed by atoms with Crippen LogP contribution in [0, 0.1) is 0 Å². The molecule has 1 saturated carbocycles. The van der Waals surface area contributed by atoms with Gasteiger partial charge in [-0.1, -0.05) is 0 Å². The molecular weight excluding hydrogens is 214 g/mol. The van der Waals surface area contributed by atoms with Gasteiger partial charge in [-0.25, -0.2) is 0 Å². The van der Waals surface area contributed by atoms with Crippen molar-refractivity contribution in [2.24, 2.45) is 0 Å². The van der Waals surface area contributed by atoms with Gasteiger partial charge in [0.25, 0.3) is 0 Å². The predicted octanol–water partition coefficient (Wildman–Crippen LogP) is 2.44. The molecule has 1 saturated heterocycles. The molecule has 3 unspecified atom stereocenters. The monoisotopic (exact) mass is 241 g/mol. The zero-order valence-corrected chi connectivity index (χ0v) is 11.9. The molecule has 0 radical (unpaired) electrons. The standard InChI is InChI=1S/C14H27NO2/c1-10(2)17-12-7-6-11-13(12)16-9-8-15(11)14(3,4)5/h10-13H,6-9H2,1-5H3. The molecule has 0 N–H and O–H groups in total. The maximum Gasteiger partial charge on any atom is 0.0992 e. The fourth-order valence-corrected chi connectivity index (χ4v) is 3.24. The Kier molecular flexibility index (Phi) is 3.81. The number of fused-ring (bicyclic) bond motifs is 1. The Morgan fingerprint density at radius 2 is 1.94 bits per heavy atom. The minimum atomic E-state index is 0.236. The van der Waals surface area contributed by atoms with Crippen LogP contribution in [-0.4, -0.2) is 47.9 Å². The minimum Gasteiger partial charge on any atom is -0.373 e. The van der Waals surface area contributed by atoms with Crippen molar-refractivity contribution in [3.05, 3.63) is 0 Å². The summed E-state index contributed by atoms with van der Waals surface area (Å²) in [6, 6.07) is 0.549. The largest absolute Gasteiger partial charge is 0.373 e. The van der Waals surface area contributed by atoms with Gasteiger partial charge in [0.15, 0.2) is 0 Å². The van der Waals surface area contributed by atoms with E-state index in [-0.39, 0.29) is 11.6 Å². The molecule has 1 aliphatic carbocycles. The number of nitrogens with zero attached hydrogens (tertiary/aromatic N) is 1. The van der Waals surface area contributed by atoms with E-state index >= 15 is 0 Å². The lowest BCUT2D eigenvalue weighted by Gasteiger charge is -2.46. The first-order chi connectivity index (χ1) is 7.89. The van der Waals surface area contributed by atoms with Crippen LogP contribution in [0.1, 0.15) is 47.5 Å². The minimum absolute atomic E-state index is 0.236. The Bertz CT molecular complexity index is 259. The molecule has 1 aliphatic heterocycles. The summed E-state index contributed by atoms with van der Waals surface area (Å²) in [4.78, 5) is 2.60. The van der Waals surface area contributed by atoms with Gasteiger partial charge >= 0.3 is 0 Å². The van der Waals surface area contributed by atoms with E-state index in [4.69, 9.17) is 9.47 Å². The van der Waals surface area contributed by atoms with Gasteiger partial charge in [-0.2, -0.15) is 0 Å². The molecule has 17 heavy (non-hydrogen) atoms. The van der Waals surface area contributed by atoms with E-state index in [1.807, 2.05) is 0 Å². The third kappa shape index (κ3) is 2.83. The summed E-state index contributed by atoms with van der Waals surface area (Å²) < 4.78 is 12.0. The number of rotatable bonds is 2. The summed E-state index contributed by atoms with van der Waals surface area (Å²) in [5.74, 6) is 0. The van der Waals surface area contributed by atoms with Crippen molar-refractivity contribution in [3.63, 3.8) is 0 Å². The molecule has 100 valence electrons. The Balaban J connectivity index is 2.05. The normalized spacial score (nSPS) is 35.3. The molecule has 2 rings (SSSR count). The summed E-state index contributed by atoms with van der Waals surface area (Å²) in [6.45, 7) is 13.0. The molecule has 3 atom stereocenters. The molecule has 0 aromatic heterocycles. The second kappa shape index (κ2) is 4.87. The van der Waals surface area contributed by atoms with Crippen LogP contribution in [0.3, 0.4) is 0 Å². The van der Waals surface area contributed by atoms with Gasteiger partial charge < -0.3 is 9.47 Å². The van der Waals surface area contributed by atoms with E-state index in [1.165, 1.54) is 6.42 Å². The lowest BCUT2D eigenvalue weighted by atomic mass is 9.99. The average Bonchev–Trinajstić information content (AvgIpc) is 2.59. The van der Waals surface area contributed by atoms with Crippen LogP contribution >= 0.6 is 0 Å². The molecule has 0 aromatic rings. The zero-order chi connectivity index (χ0) is 12.6. The van der Waals surface area contributed by atoms with Crippen molar-refractivity contribution in [1.82, 2.24) is 4.90 Å². The van der Waals surface area contributed by atoms with Crippen LogP contribution in [0.4, 0.5) is 0 Å². The summed E-state index contributed by atoms with van der Waals surface area (Å²) in [6.07, 6.45) is 3.22. The second-order valence-electron chi connectivity index (χ2n) is 6.57. The van der Waals surface area contributed by atoms with Crippen molar-refractivity contribution in [2.45, 2.75) is 77.4 Å². The molecule has 0 bridgehead atoms. The highest BCUT2D eigenvalue weighted by atomic mass is 16.5. The first kappa shape index (κ1) is 13.3. The molecule has 0 aromatic carbocycles. The second-order valence-corrected chi connectivity index (χ2v) is 6.57. The highest BCUT2D eigenvalue weighted by Gasteiger charge is 2.46. The third-order valence-electron chi connectivity index (χ3n) is 3.84. The molecule has 3 nitrogen and oxygen atoms in total. The van der Waals surface area contributed by atoms with Crippen LogP contribution < -0.4 is 0 Å². The number of morpholine rings is 1. The molecule has 3 heteroatoms. The summed E-state index contributed by atoms with van der Waals surface area (Å²) in [5.41, 5.74) is 0.236. The first-order valence-electron chi connectivity index (χ1n) is 6.93. The van der Waals surface area contributed by atoms with Gasteiger partial charge in [-0.05, 0) is 47.5 Å². The van der Waals surface area contributed by atoms with Crippen molar-refractivity contribution in [2.75, 3.05) is 13.2 Å². The van der Waals surface area contributed by atoms with Gasteiger partial charge in [0, 0.05) is 18.1 Å². The quantitative estimate of drug-likeness (QED) is 0.741. The van der Waals surface area contributed by atoms with E-state index in [1.54, 1.807) is 0 Å². The molecule has 2 aliphatic rings. The zero-order valence-electron chi connectivity index (χ0n) is 11.9. The van der Waals surface area contributed by atoms with Crippen molar-refractivity contribution in [1.29, 1.82) is 0 Å². The van der Waals surface area contributed by atoms with Crippen LogP contribution in [-0.2, 0) is 9.47 Å². The summed E-state index contributed by atoms with van der Waals surface area (Å²) in [5, 5.41) is 0. The summed E-state index contributed by atoms with van der Waals surface area (Å²) in [7, 11) is 0. The lowest BCUT2D eigenvalue weighted by Crippen LogP contribution is -2.58. The number of hydrogen-bond acceptors (Lipinski definition) is 3. The SMILES string of the molecule is CC(C)OC1CCC2C1OCCN2C(C)(C)C. The maximum atomic E-state index is 5.99. The highest BCUT2D eigenvalue weighted by molar-refractivity contribution is 4.99. The van der Waals surface area contributed by atoms with Crippen LogP contribution in [0.25, 0.3) is 0 Å². The van der Waals surface area contributed by atoms with Gasteiger partial charge in [-0.15, -0.1) is 0 Å².